The van der Waals surface area contributed by atoms with Crippen LogP contribution >= 0.6 is 0 Å². The van der Waals surface area contributed by atoms with Crippen LogP contribution in [0.5, 0.6) is 0 Å². The van der Waals surface area contributed by atoms with Crippen molar-refractivity contribution in [3.05, 3.63) is 186 Å². The van der Waals surface area contributed by atoms with Crippen molar-refractivity contribution in [1.82, 2.24) is 0 Å². The zero-order valence-corrected chi connectivity index (χ0v) is 30.1. The van der Waals surface area contributed by atoms with Gasteiger partial charge in [0.05, 0.1) is 6.04 Å². The zero-order chi connectivity index (χ0) is 34.7. The average molecular weight is 661 g/mol. The van der Waals surface area contributed by atoms with E-state index in [4.69, 9.17) is 0 Å². The topological polar surface area (TPSA) is 6.48 Å². The lowest BCUT2D eigenvalue weighted by Crippen LogP contribution is -2.36. The third-order valence-corrected chi connectivity index (χ3v) is 13.3. The molecule has 5 aliphatic rings. The fraction of sp³-hybridized carbons (Fsp3) is 0.224. The first-order chi connectivity index (χ1) is 24.7. The molecule has 4 unspecified atom stereocenters. The van der Waals surface area contributed by atoms with E-state index in [1.54, 1.807) is 0 Å². The Morgan fingerprint density at radius 3 is 2.06 bits per heavy atom. The fourth-order valence-electron chi connectivity index (χ4n) is 10.2. The molecule has 4 atom stereocenters. The second-order valence-electron chi connectivity index (χ2n) is 16.4. The average Bonchev–Trinajstić information content (AvgIpc) is 3.67. The minimum absolute atomic E-state index is 0.0290. The van der Waals surface area contributed by atoms with E-state index in [0.29, 0.717) is 5.92 Å². The van der Waals surface area contributed by atoms with Gasteiger partial charge in [0.2, 0.25) is 0 Å². The standard InChI is InChI=1S/C49H44N2/c1-47(2)41-19-11-9-17-36(41)37-25-22-34(30-43(37)47)50(35-23-26-39-42-20-13-14-28-49(42,5)48(3,4)44(39)31-35)33-24-27-46-40(29-33)38-18-10-12-21-45(38)51(46)32-15-7-6-8-16-32/h6-31,38,42,45H,1-5H3. The second-order valence-corrected chi connectivity index (χ2v) is 16.4. The molecule has 0 N–H and O–H groups in total. The van der Waals surface area contributed by atoms with E-state index in [9.17, 15) is 0 Å². The van der Waals surface area contributed by atoms with Gasteiger partial charge in [-0.2, -0.15) is 0 Å². The van der Waals surface area contributed by atoms with Gasteiger partial charge in [-0.25, -0.2) is 0 Å². The van der Waals surface area contributed by atoms with Crippen LogP contribution in [0.4, 0.5) is 28.4 Å². The van der Waals surface area contributed by atoms with Crippen LogP contribution in [0.15, 0.2) is 158 Å². The van der Waals surface area contributed by atoms with Gasteiger partial charge in [-0.3, -0.25) is 0 Å². The number of nitrogens with zero attached hydrogens (tertiary/aromatic N) is 2. The SMILES string of the molecule is CC1(C)c2ccccc2-c2ccc(N(c3ccc4c(c3)C3C=CC=CC3N4c3ccccc3)c3ccc4c(c3)C(C)(C)C3(C)C=CC=CC43)cc21. The first-order valence-electron chi connectivity index (χ1n) is 18.6. The summed E-state index contributed by atoms with van der Waals surface area (Å²) in [6.07, 6.45) is 18.5. The molecule has 51 heavy (non-hydrogen) atoms. The normalized spacial score (nSPS) is 24.8. The molecule has 0 fully saturated rings. The minimum Gasteiger partial charge on any atom is -0.333 e. The van der Waals surface area contributed by atoms with E-state index in [-0.39, 0.29) is 28.2 Å². The molecule has 2 nitrogen and oxygen atoms in total. The highest BCUT2D eigenvalue weighted by molar-refractivity contribution is 5.87. The van der Waals surface area contributed by atoms with Gasteiger partial charge in [-0.15, -0.1) is 0 Å². The molecule has 10 rings (SSSR count). The quantitative estimate of drug-likeness (QED) is 0.189. The summed E-state index contributed by atoms with van der Waals surface area (Å²) in [5, 5.41) is 0. The Balaban J connectivity index is 1.17. The first kappa shape index (κ1) is 30.5. The smallest absolute Gasteiger partial charge is 0.0629 e. The van der Waals surface area contributed by atoms with Crippen molar-refractivity contribution < 1.29 is 0 Å². The molecule has 5 aromatic carbocycles. The Morgan fingerprint density at radius 1 is 0.549 bits per heavy atom. The van der Waals surface area contributed by atoms with Crippen molar-refractivity contribution >= 4 is 28.4 Å². The summed E-state index contributed by atoms with van der Waals surface area (Å²) in [7, 11) is 0. The van der Waals surface area contributed by atoms with Crippen molar-refractivity contribution in [3.8, 4) is 11.1 Å². The Hall–Kier alpha value is -5.34. The highest BCUT2D eigenvalue weighted by Crippen LogP contribution is 2.62. The molecule has 0 aromatic heterocycles. The molecule has 4 aliphatic carbocycles. The van der Waals surface area contributed by atoms with Gasteiger partial charge in [0.15, 0.2) is 0 Å². The summed E-state index contributed by atoms with van der Waals surface area (Å²) >= 11 is 0. The van der Waals surface area contributed by atoms with Crippen LogP contribution < -0.4 is 9.80 Å². The molecule has 250 valence electrons. The summed E-state index contributed by atoms with van der Waals surface area (Å²) in [6.45, 7) is 12.1. The summed E-state index contributed by atoms with van der Waals surface area (Å²) in [6, 6.07) is 41.7. The Labute approximate surface area is 302 Å². The lowest BCUT2D eigenvalue weighted by Gasteiger charge is -2.41. The largest absolute Gasteiger partial charge is 0.333 e. The molecular formula is C49H44N2. The van der Waals surface area contributed by atoms with Crippen molar-refractivity contribution in [2.75, 3.05) is 9.80 Å². The van der Waals surface area contributed by atoms with Crippen LogP contribution in [-0.4, -0.2) is 6.04 Å². The number of para-hydroxylation sites is 1. The molecule has 5 aromatic rings. The number of rotatable bonds is 4. The molecule has 1 aliphatic heterocycles. The summed E-state index contributed by atoms with van der Waals surface area (Å²) in [5.41, 5.74) is 15.8. The van der Waals surface area contributed by atoms with Crippen molar-refractivity contribution in [1.29, 1.82) is 0 Å². The van der Waals surface area contributed by atoms with Gasteiger partial charge in [0.1, 0.15) is 0 Å². The lowest BCUT2D eigenvalue weighted by atomic mass is 9.62. The van der Waals surface area contributed by atoms with Gasteiger partial charge >= 0.3 is 0 Å². The molecule has 0 bridgehead atoms. The number of anilines is 5. The van der Waals surface area contributed by atoms with Crippen LogP contribution in [0, 0.1) is 5.41 Å². The van der Waals surface area contributed by atoms with Crippen LogP contribution in [0.3, 0.4) is 0 Å². The molecule has 0 saturated heterocycles. The number of fused-ring (bicyclic) bond motifs is 9. The van der Waals surface area contributed by atoms with E-state index in [0.717, 1.165) is 0 Å². The van der Waals surface area contributed by atoms with E-state index in [1.807, 2.05) is 0 Å². The maximum Gasteiger partial charge on any atom is 0.0629 e. The maximum absolute atomic E-state index is 2.52. The van der Waals surface area contributed by atoms with E-state index in [2.05, 4.69) is 202 Å². The van der Waals surface area contributed by atoms with Crippen LogP contribution in [0.25, 0.3) is 11.1 Å². The van der Waals surface area contributed by atoms with Gasteiger partial charge in [-0.1, -0.05) is 138 Å². The molecule has 0 saturated carbocycles. The second kappa shape index (κ2) is 10.6. The first-order valence-corrected chi connectivity index (χ1v) is 18.6. The van der Waals surface area contributed by atoms with Gasteiger partial charge < -0.3 is 9.80 Å². The van der Waals surface area contributed by atoms with E-state index in [1.165, 1.54) is 67.4 Å². The summed E-state index contributed by atoms with van der Waals surface area (Å²) in [5.74, 6) is 0.655. The maximum atomic E-state index is 2.52. The molecule has 0 amide bonds. The number of benzene rings is 5. The Kier molecular flexibility index (Phi) is 6.33. The molecule has 1 heterocycles. The number of hydrogen-bond donors (Lipinski definition) is 0. The lowest BCUT2D eigenvalue weighted by molar-refractivity contribution is 0.245. The van der Waals surface area contributed by atoms with Crippen molar-refractivity contribution in [2.45, 2.75) is 63.3 Å². The minimum atomic E-state index is -0.0863. The molecule has 0 radical (unpaired) electrons. The van der Waals surface area contributed by atoms with Gasteiger partial charge in [-0.05, 0) is 99.0 Å². The van der Waals surface area contributed by atoms with Crippen LogP contribution in [-0.2, 0) is 10.8 Å². The summed E-state index contributed by atoms with van der Waals surface area (Å²) < 4.78 is 0. The van der Waals surface area contributed by atoms with E-state index < -0.39 is 0 Å². The van der Waals surface area contributed by atoms with Crippen molar-refractivity contribution in [3.63, 3.8) is 0 Å². The molecular weight excluding hydrogens is 617 g/mol. The van der Waals surface area contributed by atoms with Gasteiger partial charge in [0.25, 0.3) is 0 Å². The summed E-state index contributed by atoms with van der Waals surface area (Å²) in [4.78, 5) is 5.04. The predicted octanol–water partition coefficient (Wildman–Crippen LogP) is 12.7. The number of allylic oxidation sites excluding steroid dienone is 6. The Bertz CT molecular complexity index is 2370. The van der Waals surface area contributed by atoms with Gasteiger partial charge in [0, 0.05) is 51.1 Å². The molecule has 2 heteroatoms. The highest BCUT2D eigenvalue weighted by Gasteiger charge is 2.53. The van der Waals surface area contributed by atoms with Crippen LogP contribution in [0.1, 0.15) is 74.3 Å². The van der Waals surface area contributed by atoms with Crippen LogP contribution in [0.2, 0.25) is 0 Å². The third-order valence-electron chi connectivity index (χ3n) is 13.3. The molecule has 0 spiro atoms. The van der Waals surface area contributed by atoms with E-state index >= 15 is 0 Å². The predicted molar refractivity (Wildman–Crippen MR) is 214 cm³/mol. The fourth-order valence-corrected chi connectivity index (χ4v) is 10.2. The highest BCUT2D eigenvalue weighted by atomic mass is 15.2. The zero-order valence-electron chi connectivity index (χ0n) is 30.1. The Morgan fingerprint density at radius 2 is 1.22 bits per heavy atom. The third kappa shape index (κ3) is 4.11. The number of hydrogen-bond acceptors (Lipinski definition) is 2. The monoisotopic (exact) mass is 660 g/mol. The van der Waals surface area contributed by atoms with Crippen molar-refractivity contribution in [2.24, 2.45) is 5.41 Å².